The fourth-order valence-electron chi connectivity index (χ4n) is 2.95. The summed E-state index contributed by atoms with van der Waals surface area (Å²) in [5, 5.41) is 6.73. The van der Waals surface area contributed by atoms with E-state index in [1.807, 2.05) is 0 Å². The van der Waals surface area contributed by atoms with E-state index in [2.05, 4.69) is 15.6 Å². The number of ether oxygens (including phenoxy) is 2. The van der Waals surface area contributed by atoms with Gasteiger partial charge in [-0.1, -0.05) is 0 Å². The summed E-state index contributed by atoms with van der Waals surface area (Å²) in [7, 11) is 4.84. The molecule has 27 heavy (non-hydrogen) atoms. The number of methoxy groups -OCH3 is 1. The second kappa shape index (κ2) is 12.2. The predicted octanol–water partition coefficient (Wildman–Crippen LogP) is 0.495. The van der Waals surface area contributed by atoms with Crippen LogP contribution in [0.4, 0.5) is 4.79 Å². The van der Waals surface area contributed by atoms with Crippen molar-refractivity contribution < 1.29 is 19.1 Å². The molecule has 9 nitrogen and oxygen atoms in total. The number of likely N-dealkylation sites (N-methyl/N-ethyl adjacent to an activating group) is 1. The highest BCUT2D eigenvalue weighted by Gasteiger charge is 2.24. The van der Waals surface area contributed by atoms with E-state index in [1.165, 1.54) is 12.0 Å². The third-order valence-corrected chi connectivity index (χ3v) is 4.72. The van der Waals surface area contributed by atoms with Crippen molar-refractivity contribution in [2.75, 3.05) is 60.6 Å². The van der Waals surface area contributed by atoms with Crippen LogP contribution in [0.3, 0.4) is 0 Å². The van der Waals surface area contributed by atoms with Gasteiger partial charge in [-0.15, -0.1) is 24.0 Å². The van der Waals surface area contributed by atoms with Crippen LogP contribution in [0.2, 0.25) is 0 Å². The standard InChI is InChI=1S/C17H31N5O4.HI/c1-21(2)15(23)11-19-16(18-10-13-6-9-26-12-13)20-14-4-7-22(8-5-14)17(24)25-3;/h13-14H,4-12H2,1-3H3,(H2,18,19,20);1H. The normalized spacial score (nSPS) is 20.6. The lowest BCUT2D eigenvalue weighted by Crippen LogP contribution is -2.50. The first kappa shape index (κ1) is 23.7. The Morgan fingerprint density at radius 1 is 1.26 bits per heavy atom. The van der Waals surface area contributed by atoms with Crippen LogP contribution in [0.1, 0.15) is 19.3 Å². The lowest BCUT2D eigenvalue weighted by atomic mass is 10.1. The summed E-state index contributed by atoms with van der Waals surface area (Å²) in [6, 6.07) is 0.205. The van der Waals surface area contributed by atoms with E-state index in [4.69, 9.17) is 9.47 Å². The Balaban J connectivity index is 0.00000364. The number of rotatable bonds is 5. The molecule has 0 spiro atoms. The number of hydrogen-bond acceptors (Lipinski definition) is 5. The Morgan fingerprint density at radius 3 is 2.52 bits per heavy atom. The van der Waals surface area contributed by atoms with Gasteiger partial charge in [0, 0.05) is 52.3 Å². The van der Waals surface area contributed by atoms with Gasteiger partial charge in [-0.05, 0) is 19.3 Å². The van der Waals surface area contributed by atoms with Crippen LogP contribution in [0, 0.1) is 5.92 Å². The molecule has 2 fully saturated rings. The first-order valence-corrected chi connectivity index (χ1v) is 9.15. The molecule has 2 rings (SSSR count). The summed E-state index contributed by atoms with van der Waals surface area (Å²) in [4.78, 5) is 31.1. The van der Waals surface area contributed by atoms with Crippen LogP contribution >= 0.6 is 24.0 Å². The van der Waals surface area contributed by atoms with Crippen LogP contribution < -0.4 is 10.6 Å². The summed E-state index contributed by atoms with van der Waals surface area (Å²) in [6.07, 6.45) is 2.37. The number of hydrogen-bond donors (Lipinski definition) is 2. The van der Waals surface area contributed by atoms with Crippen molar-refractivity contribution >= 4 is 41.9 Å². The number of piperidine rings is 1. The monoisotopic (exact) mass is 497 g/mol. The average Bonchev–Trinajstić information content (AvgIpc) is 3.17. The number of halogens is 1. The van der Waals surface area contributed by atoms with Crippen molar-refractivity contribution in [1.29, 1.82) is 0 Å². The summed E-state index contributed by atoms with van der Waals surface area (Å²) < 4.78 is 10.2. The van der Waals surface area contributed by atoms with Crippen LogP contribution in [0.25, 0.3) is 0 Å². The number of guanidine groups is 1. The number of amides is 2. The van der Waals surface area contributed by atoms with Gasteiger partial charge in [-0.25, -0.2) is 9.79 Å². The average molecular weight is 497 g/mol. The third-order valence-electron chi connectivity index (χ3n) is 4.72. The molecule has 0 aromatic carbocycles. The minimum absolute atomic E-state index is 0. The summed E-state index contributed by atoms with van der Waals surface area (Å²) >= 11 is 0. The fourth-order valence-corrected chi connectivity index (χ4v) is 2.95. The topological polar surface area (TPSA) is 95.5 Å². The van der Waals surface area contributed by atoms with E-state index < -0.39 is 0 Å². The second-order valence-electron chi connectivity index (χ2n) is 6.94. The highest BCUT2D eigenvalue weighted by atomic mass is 127. The number of carbonyl (C=O) groups excluding carboxylic acids is 2. The molecule has 1 unspecified atom stereocenters. The molecule has 0 aliphatic carbocycles. The quantitative estimate of drug-likeness (QED) is 0.326. The molecular formula is C17H32IN5O4. The minimum atomic E-state index is -0.284. The van der Waals surface area contributed by atoms with Gasteiger partial charge in [0.25, 0.3) is 0 Å². The van der Waals surface area contributed by atoms with E-state index in [9.17, 15) is 9.59 Å². The Kier molecular flexibility index (Phi) is 10.7. The molecule has 2 aliphatic heterocycles. The molecule has 2 amide bonds. The summed E-state index contributed by atoms with van der Waals surface area (Å²) in [6.45, 7) is 3.72. The maximum Gasteiger partial charge on any atom is 0.409 e. The van der Waals surface area contributed by atoms with Gasteiger partial charge in [-0.2, -0.15) is 0 Å². The number of carbonyl (C=O) groups is 2. The predicted molar refractivity (Wildman–Crippen MR) is 113 cm³/mol. The van der Waals surface area contributed by atoms with E-state index >= 15 is 0 Å². The first-order chi connectivity index (χ1) is 12.5. The molecule has 10 heteroatoms. The molecule has 0 bridgehead atoms. The van der Waals surface area contributed by atoms with Crippen LogP contribution in [0.15, 0.2) is 4.99 Å². The van der Waals surface area contributed by atoms with Gasteiger partial charge < -0.3 is 29.9 Å². The molecular weight excluding hydrogens is 465 g/mol. The van der Waals surface area contributed by atoms with Crippen molar-refractivity contribution in [3.05, 3.63) is 0 Å². The van der Waals surface area contributed by atoms with Crippen LogP contribution in [0.5, 0.6) is 0 Å². The molecule has 0 aromatic rings. The zero-order valence-electron chi connectivity index (χ0n) is 16.4. The molecule has 2 N–H and O–H groups in total. The third kappa shape index (κ3) is 8.08. The van der Waals surface area contributed by atoms with E-state index in [0.717, 1.165) is 39.0 Å². The second-order valence-corrected chi connectivity index (χ2v) is 6.94. The SMILES string of the molecule is COC(=O)N1CCC(NC(=NCC(=O)N(C)C)NCC2CCOC2)CC1.I. The first-order valence-electron chi connectivity index (χ1n) is 9.15. The molecule has 0 saturated carbocycles. The molecule has 2 saturated heterocycles. The fraction of sp³-hybridized carbons (Fsp3) is 0.824. The minimum Gasteiger partial charge on any atom is -0.453 e. The van der Waals surface area contributed by atoms with Gasteiger partial charge >= 0.3 is 6.09 Å². The Hall–Kier alpha value is -1.30. The number of nitrogens with zero attached hydrogens (tertiary/aromatic N) is 3. The van der Waals surface area contributed by atoms with Crippen molar-refractivity contribution in [3.8, 4) is 0 Å². The van der Waals surface area contributed by atoms with Gasteiger partial charge in [0.05, 0.1) is 13.7 Å². The molecule has 1 atom stereocenters. The Bertz CT molecular complexity index is 504. The number of nitrogens with one attached hydrogen (secondary N) is 2. The lowest BCUT2D eigenvalue weighted by Gasteiger charge is -2.32. The van der Waals surface area contributed by atoms with Gasteiger partial charge in [-0.3, -0.25) is 4.79 Å². The van der Waals surface area contributed by atoms with Gasteiger partial charge in [0.1, 0.15) is 6.54 Å². The maximum atomic E-state index is 11.8. The molecule has 2 aliphatic rings. The van der Waals surface area contributed by atoms with E-state index in [1.54, 1.807) is 19.0 Å². The van der Waals surface area contributed by atoms with Crippen molar-refractivity contribution in [2.45, 2.75) is 25.3 Å². The Morgan fingerprint density at radius 2 is 1.96 bits per heavy atom. The molecule has 0 aromatic heterocycles. The van der Waals surface area contributed by atoms with Crippen LogP contribution in [-0.4, -0.2) is 94.4 Å². The maximum absolute atomic E-state index is 11.8. The van der Waals surface area contributed by atoms with Gasteiger partial charge in [0.15, 0.2) is 5.96 Å². The molecule has 2 heterocycles. The zero-order valence-corrected chi connectivity index (χ0v) is 18.7. The van der Waals surface area contributed by atoms with Crippen molar-refractivity contribution in [2.24, 2.45) is 10.9 Å². The highest BCUT2D eigenvalue weighted by molar-refractivity contribution is 14.0. The van der Waals surface area contributed by atoms with E-state index in [0.29, 0.717) is 25.0 Å². The summed E-state index contributed by atoms with van der Waals surface area (Å²) in [5.74, 6) is 1.06. The van der Waals surface area contributed by atoms with Crippen molar-refractivity contribution in [3.63, 3.8) is 0 Å². The number of aliphatic imine (C=N–C) groups is 1. The largest absolute Gasteiger partial charge is 0.453 e. The smallest absolute Gasteiger partial charge is 0.409 e. The van der Waals surface area contributed by atoms with E-state index in [-0.39, 0.29) is 48.6 Å². The molecule has 0 radical (unpaired) electrons. The highest BCUT2D eigenvalue weighted by Crippen LogP contribution is 2.12. The lowest BCUT2D eigenvalue weighted by molar-refractivity contribution is -0.127. The van der Waals surface area contributed by atoms with Crippen LogP contribution in [-0.2, 0) is 14.3 Å². The summed E-state index contributed by atoms with van der Waals surface area (Å²) in [5.41, 5.74) is 0. The zero-order chi connectivity index (χ0) is 18.9. The Labute approximate surface area is 178 Å². The van der Waals surface area contributed by atoms with Crippen molar-refractivity contribution in [1.82, 2.24) is 20.4 Å². The molecule has 156 valence electrons. The van der Waals surface area contributed by atoms with Gasteiger partial charge in [0.2, 0.25) is 5.91 Å². The number of likely N-dealkylation sites (tertiary alicyclic amines) is 1.